The quantitative estimate of drug-likeness (QED) is 0.279. The van der Waals surface area contributed by atoms with E-state index in [0.29, 0.717) is 6.08 Å². The van der Waals surface area contributed by atoms with Gasteiger partial charge in [-0.3, -0.25) is 0 Å². The first-order valence-corrected chi connectivity index (χ1v) is 4.29. The number of nitrogens with one attached hydrogen (secondary N) is 1. The molecule has 0 aliphatic heterocycles. The van der Waals surface area contributed by atoms with E-state index in [1.807, 2.05) is 0 Å². The summed E-state index contributed by atoms with van der Waals surface area (Å²) in [4.78, 5) is 21.7. The van der Waals surface area contributed by atoms with Crippen molar-refractivity contribution < 1.29 is 35.9 Å². The van der Waals surface area contributed by atoms with Gasteiger partial charge in [-0.25, -0.2) is 14.9 Å². The fourth-order valence-corrected chi connectivity index (χ4v) is 0.545. The van der Waals surface area contributed by atoms with Crippen molar-refractivity contribution >= 4 is 12.1 Å². The fraction of sp³-hybridized carbons (Fsp3) is 0.500. The molecule has 0 saturated carbocycles. The molecule has 0 rings (SSSR count). The Bertz CT molecular complexity index is 345. The van der Waals surface area contributed by atoms with Crippen molar-refractivity contribution in [3.05, 3.63) is 12.7 Å². The van der Waals surface area contributed by atoms with E-state index < -0.39 is 18.6 Å². The maximum atomic E-state index is 11.5. The predicted octanol–water partition coefficient (Wildman–Crippen LogP) is 2.18. The Morgan fingerprint density at radius 2 is 1.84 bits per heavy atom. The number of likely N-dealkylation sites (N-methyl/N-ethyl adjacent to an activating group) is 1. The van der Waals surface area contributed by atoms with E-state index in [1.54, 1.807) is 0 Å². The third-order valence-electron chi connectivity index (χ3n) is 1.17. The molecule has 0 heterocycles. The first-order valence-electron chi connectivity index (χ1n) is 4.29. The molecule has 110 valence electrons. The second kappa shape index (κ2) is 8.14. The summed E-state index contributed by atoms with van der Waals surface area (Å²) in [7, 11) is 1.24. The second-order valence-corrected chi connectivity index (χ2v) is 2.77. The van der Waals surface area contributed by atoms with Gasteiger partial charge in [0.15, 0.2) is 0 Å². The number of hydrogen-bond acceptors (Lipinski definition) is 3. The molecule has 5 nitrogen and oxygen atoms in total. The number of halogens is 6. The molecule has 0 aromatic heterocycles. The standard InChI is InChI=1S/C6H9F3N2O.C2F3NO/c1-3-4-11(2)5(12)10-6(7,8)9;3-2(4,5)6-1-7/h3H,1,4H2,2H3,(H,10,12);. The number of nitrogens with zero attached hydrogens (tertiary/aromatic N) is 2. The monoisotopic (exact) mass is 293 g/mol. The number of hydrogen-bond donors (Lipinski definition) is 1. The number of carbonyl (C=O) groups is 1. The molecule has 11 heteroatoms. The summed E-state index contributed by atoms with van der Waals surface area (Å²) in [6.45, 7) is 3.35. The molecule has 0 saturated heterocycles. The van der Waals surface area contributed by atoms with Gasteiger partial charge in [-0.2, -0.15) is 13.2 Å². The molecule has 0 aromatic carbocycles. The highest BCUT2D eigenvalue weighted by molar-refractivity contribution is 5.74. The summed E-state index contributed by atoms with van der Waals surface area (Å²) in [5.74, 6) is 0. The van der Waals surface area contributed by atoms with Gasteiger partial charge in [-0.1, -0.05) is 6.08 Å². The minimum atomic E-state index is -4.75. The van der Waals surface area contributed by atoms with E-state index in [1.165, 1.54) is 18.1 Å². The van der Waals surface area contributed by atoms with Gasteiger partial charge in [-0.15, -0.1) is 24.7 Å². The first kappa shape index (κ1) is 19.3. The van der Waals surface area contributed by atoms with Crippen LogP contribution in [0.15, 0.2) is 17.6 Å². The molecule has 0 bridgehead atoms. The zero-order chi connectivity index (χ0) is 15.7. The molecule has 0 aliphatic carbocycles. The lowest BCUT2D eigenvalue weighted by Crippen LogP contribution is -2.44. The fourth-order valence-electron chi connectivity index (χ4n) is 0.545. The van der Waals surface area contributed by atoms with Crippen LogP contribution in [-0.2, 0) is 4.79 Å². The zero-order valence-electron chi connectivity index (χ0n) is 9.47. The molecule has 0 fully saturated rings. The highest BCUT2D eigenvalue weighted by Crippen LogP contribution is 2.13. The van der Waals surface area contributed by atoms with Gasteiger partial charge in [0, 0.05) is 13.6 Å². The predicted molar refractivity (Wildman–Crippen MR) is 51.6 cm³/mol. The SMILES string of the molecule is C=CCN(C)C(=O)NC(F)(F)F.O=C=NC(F)(F)F. The average molecular weight is 293 g/mol. The van der Waals surface area contributed by atoms with Crippen molar-refractivity contribution in [2.45, 2.75) is 12.6 Å². The van der Waals surface area contributed by atoms with E-state index in [4.69, 9.17) is 4.79 Å². The minimum absolute atomic E-state index is 0.0713. The molecule has 0 atom stereocenters. The highest BCUT2D eigenvalue weighted by atomic mass is 19.4. The molecular weight excluding hydrogens is 284 g/mol. The van der Waals surface area contributed by atoms with Crippen LogP contribution in [0.3, 0.4) is 0 Å². The van der Waals surface area contributed by atoms with Crippen LogP contribution in [0, 0.1) is 0 Å². The summed E-state index contributed by atoms with van der Waals surface area (Å²) in [5.41, 5.74) is 0. The number of aliphatic imine (C=N–C) groups is 1. The van der Waals surface area contributed by atoms with Crippen LogP contribution < -0.4 is 5.32 Å². The molecular formula is C8H9F6N3O2. The van der Waals surface area contributed by atoms with Crippen molar-refractivity contribution in [3.8, 4) is 0 Å². The number of amides is 2. The van der Waals surface area contributed by atoms with Crippen LogP contribution in [0.2, 0.25) is 0 Å². The Morgan fingerprint density at radius 3 is 2.05 bits per heavy atom. The van der Waals surface area contributed by atoms with Gasteiger partial charge < -0.3 is 4.90 Å². The van der Waals surface area contributed by atoms with Crippen molar-refractivity contribution in [2.24, 2.45) is 4.99 Å². The molecule has 0 radical (unpaired) electrons. The highest BCUT2D eigenvalue weighted by Gasteiger charge is 2.31. The lowest BCUT2D eigenvalue weighted by atomic mass is 10.5. The molecule has 2 amide bonds. The average Bonchev–Trinajstić information content (AvgIpc) is 2.14. The minimum Gasteiger partial charge on any atom is -0.324 e. The largest absolute Gasteiger partial charge is 0.513 e. The zero-order valence-corrected chi connectivity index (χ0v) is 9.47. The third-order valence-corrected chi connectivity index (χ3v) is 1.17. The Labute approximate surface area is 103 Å². The molecule has 0 aromatic rings. The molecule has 0 unspecified atom stereocenters. The van der Waals surface area contributed by atoms with Crippen LogP contribution in [0.25, 0.3) is 0 Å². The van der Waals surface area contributed by atoms with Crippen LogP contribution in [-0.4, -0.2) is 43.2 Å². The first-order chi connectivity index (χ1) is 8.43. The second-order valence-electron chi connectivity index (χ2n) is 2.77. The van der Waals surface area contributed by atoms with Crippen molar-refractivity contribution in [3.63, 3.8) is 0 Å². The number of isocyanates is 1. The number of urea groups is 1. The van der Waals surface area contributed by atoms with Gasteiger partial charge in [0.05, 0.1) is 0 Å². The Balaban J connectivity index is 0. The summed E-state index contributed by atoms with van der Waals surface area (Å²) in [6.07, 6.45) is -7.74. The van der Waals surface area contributed by atoms with Crippen molar-refractivity contribution in [1.82, 2.24) is 10.2 Å². The maximum absolute atomic E-state index is 11.5. The van der Waals surface area contributed by atoms with Gasteiger partial charge in [0.2, 0.25) is 6.08 Å². The lowest BCUT2D eigenvalue weighted by molar-refractivity contribution is -0.147. The number of rotatable bonds is 2. The molecule has 0 aliphatic rings. The van der Waals surface area contributed by atoms with E-state index in [-0.39, 0.29) is 6.54 Å². The van der Waals surface area contributed by atoms with Crippen molar-refractivity contribution in [1.29, 1.82) is 0 Å². The van der Waals surface area contributed by atoms with Crippen LogP contribution in [0.5, 0.6) is 0 Å². The number of alkyl halides is 6. The summed E-state index contributed by atoms with van der Waals surface area (Å²) in [6, 6.07) is -1.19. The van der Waals surface area contributed by atoms with Crippen LogP contribution in [0.1, 0.15) is 0 Å². The molecule has 0 spiro atoms. The lowest BCUT2D eigenvalue weighted by Gasteiger charge is -2.16. The molecule has 1 N–H and O–H groups in total. The Hall–Kier alpha value is -2.03. The summed E-state index contributed by atoms with van der Waals surface area (Å²) < 4.78 is 66.4. The maximum Gasteiger partial charge on any atom is 0.513 e. The van der Waals surface area contributed by atoms with Crippen LogP contribution in [0.4, 0.5) is 31.1 Å². The summed E-state index contributed by atoms with van der Waals surface area (Å²) in [5, 5.41) is 0.843. The van der Waals surface area contributed by atoms with E-state index in [0.717, 1.165) is 10.2 Å². The van der Waals surface area contributed by atoms with Gasteiger partial charge in [-0.05, 0) is 0 Å². The van der Waals surface area contributed by atoms with E-state index in [9.17, 15) is 31.1 Å². The smallest absolute Gasteiger partial charge is 0.324 e. The number of carbonyl (C=O) groups excluding carboxylic acids is 2. The van der Waals surface area contributed by atoms with Gasteiger partial charge in [0.25, 0.3) is 0 Å². The molecule has 19 heavy (non-hydrogen) atoms. The Kier molecular flexibility index (Phi) is 8.27. The van der Waals surface area contributed by atoms with E-state index >= 15 is 0 Å². The van der Waals surface area contributed by atoms with Gasteiger partial charge in [0.1, 0.15) is 0 Å². The third kappa shape index (κ3) is 16.0. The van der Waals surface area contributed by atoms with Gasteiger partial charge >= 0.3 is 18.6 Å². The van der Waals surface area contributed by atoms with Crippen LogP contribution >= 0.6 is 0 Å². The van der Waals surface area contributed by atoms with E-state index in [2.05, 4.69) is 6.58 Å². The normalized spacial score (nSPS) is 10.5. The van der Waals surface area contributed by atoms with Crippen molar-refractivity contribution in [2.75, 3.05) is 13.6 Å². The summed E-state index contributed by atoms with van der Waals surface area (Å²) >= 11 is 0. The Morgan fingerprint density at radius 1 is 1.37 bits per heavy atom. The topological polar surface area (TPSA) is 61.8 Å².